The SMILES string of the molecule is CCc1nc2c(c(=O)n(Cc3ccc(Cl)cc3)c(=O)n2CC(N)=O)n1C. The highest BCUT2D eigenvalue weighted by molar-refractivity contribution is 6.30. The van der Waals surface area contributed by atoms with Gasteiger partial charge in [0, 0.05) is 18.5 Å². The van der Waals surface area contributed by atoms with E-state index in [0.717, 1.165) is 14.7 Å². The lowest BCUT2D eigenvalue weighted by molar-refractivity contribution is -0.118. The Morgan fingerprint density at radius 3 is 2.42 bits per heavy atom. The third-order valence-electron chi connectivity index (χ3n) is 4.22. The van der Waals surface area contributed by atoms with Crippen LogP contribution in [-0.2, 0) is 31.4 Å². The molecule has 2 aromatic heterocycles. The smallest absolute Gasteiger partial charge is 0.333 e. The van der Waals surface area contributed by atoms with Gasteiger partial charge in [-0.05, 0) is 17.7 Å². The summed E-state index contributed by atoms with van der Waals surface area (Å²) >= 11 is 5.88. The molecule has 1 aromatic carbocycles. The third-order valence-corrected chi connectivity index (χ3v) is 4.47. The zero-order valence-corrected chi connectivity index (χ0v) is 15.2. The van der Waals surface area contributed by atoms with Crippen LogP contribution in [0.15, 0.2) is 33.9 Å². The van der Waals surface area contributed by atoms with Crippen molar-refractivity contribution >= 4 is 28.7 Å². The number of imidazole rings is 1. The van der Waals surface area contributed by atoms with Gasteiger partial charge in [0.1, 0.15) is 12.4 Å². The minimum absolute atomic E-state index is 0.0518. The van der Waals surface area contributed by atoms with Gasteiger partial charge in [-0.2, -0.15) is 0 Å². The molecule has 0 aliphatic heterocycles. The van der Waals surface area contributed by atoms with Crippen LogP contribution < -0.4 is 17.0 Å². The molecule has 3 rings (SSSR count). The highest BCUT2D eigenvalue weighted by Crippen LogP contribution is 2.12. The molecule has 0 spiro atoms. The molecule has 0 fully saturated rings. The van der Waals surface area contributed by atoms with Crippen molar-refractivity contribution in [3.8, 4) is 0 Å². The quantitative estimate of drug-likeness (QED) is 0.706. The van der Waals surface area contributed by atoms with Gasteiger partial charge in [-0.15, -0.1) is 0 Å². The van der Waals surface area contributed by atoms with Crippen molar-refractivity contribution in [2.45, 2.75) is 26.4 Å². The fourth-order valence-electron chi connectivity index (χ4n) is 2.93. The average Bonchev–Trinajstić information content (AvgIpc) is 2.93. The number of nitrogens with zero attached hydrogens (tertiary/aromatic N) is 4. The van der Waals surface area contributed by atoms with Crippen molar-refractivity contribution in [3.63, 3.8) is 0 Å². The number of aryl methyl sites for hydroxylation is 2. The van der Waals surface area contributed by atoms with E-state index in [1.165, 1.54) is 0 Å². The highest BCUT2D eigenvalue weighted by Gasteiger charge is 2.20. The van der Waals surface area contributed by atoms with Gasteiger partial charge >= 0.3 is 5.69 Å². The average molecular weight is 376 g/mol. The summed E-state index contributed by atoms with van der Waals surface area (Å²) in [4.78, 5) is 41.6. The van der Waals surface area contributed by atoms with Gasteiger partial charge < -0.3 is 10.3 Å². The molecule has 8 nitrogen and oxygen atoms in total. The van der Waals surface area contributed by atoms with E-state index in [0.29, 0.717) is 17.3 Å². The lowest BCUT2D eigenvalue weighted by Gasteiger charge is -2.11. The molecule has 0 saturated carbocycles. The Morgan fingerprint density at radius 2 is 1.85 bits per heavy atom. The summed E-state index contributed by atoms with van der Waals surface area (Å²) < 4.78 is 3.87. The van der Waals surface area contributed by atoms with Crippen LogP contribution in [0.3, 0.4) is 0 Å². The van der Waals surface area contributed by atoms with Crippen LogP contribution in [-0.4, -0.2) is 24.6 Å². The number of primary amides is 1. The first-order valence-electron chi connectivity index (χ1n) is 8.05. The standard InChI is InChI=1S/C17H18ClN5O3/c1-3-13-20-15-14(21(13)2)16(25)23(17(26)22(15)9-12(19)24)8-10-4-6-11(18)7-5-10/h4-7H,3,8-9H2,1-2H3,(H2,19,24). The first kappa shape index (κ1) is 17.9. The molecular weight excluding hydrogens is 358 g/mol. The van der Waals surface area contributed by atoms with Crippen molar-refractivity contribution in [1.29, 1.82) is 0 Å². The van der Waals surface area contributed by atoms with Gasteiger partial charge in [-0.1, -0.05) is 30.7 Å². The molecule has 0 aliphatic carbocycles. The fraction of sp³-hybridized carbons (Fsp3) is 0.294. The van der Waals surface area contributed by atoms with Crippen LogP contribution in [0.4, 0.5) is 0 Å². The Morgan fingerprint density at radius 1 is 1.19 bits per heavy atom. The topological polar surface area (TPSA) is 105 Å². The molecule has 26 heavy (non-hydrogen) atoms. The fourth-order valence-corrected chi connectivity index (χ4v) is 3.06. The molecule has 3 aromatic rings. The van der Waals surface area contributed by atoms with Crippen LogP contribution in [0, 0.1) is 0 Å². The molecule has 0 bridgehead atoms. The number of hydrogen-bond acceptors (Lipinski definition) is 4. The molecule has 136 valence electrons. The maximum absolute atomic E-state index is 13.0. The first-order chi connectivity index (χ1) is 12.3. The second-order valence-corrected chi connectivity index (χ2v) is 6.40. The van der Waals surface area contributed by atoms with E-state index in [9.17, 15) is 14.4 Å². The monoisotopic (exact) mass is 375 g/mol. The number of rotatable bonds is 5. The summed E-state index contributed by atoms with van der Waals surface area (Å²) in [7, 11) is 1.71. The van der Waals surface area contributed by atoms with Crippen LogP contribution in [0.25, 0.3) is 11.2 Å². The molecule has 9 heteroatoms. The number of aromatic nitrogens is 4. The second-order valence-electron chi connectivity index (χ2n) is 5.97. The van der Waals surface area contributed by atoms with E-state index in [2.05, 4.69) is 4.98 Å². The number of nitrogens with two attached hydrogens (primary N) is 1. The largest absolute Gasteiger partial charge is 0.368 e. The van der Waals surface area contributed by atoms with Crippen LogP contribution in [0.5, 0.6) is 0 Å². The van der Waals surface area contributed by atoms with E-state index in [1.54, 1.807) is 35.9 Å². The Bertz CT molecular complexity index is 1110. The van der Waals surface area contributed by atoms with Crippen molar-refractivity contribution in [2.75, 3.05) is 0 Å². The van der Waals surface area contributed by atoms with Crippen molar-refractivity contribution < 1.29 is 4.79 Å². The Balaban J connectivity index is 2.30. The zero-order valence-electron chi connectivity index (χ0n) is 14.4. The van der Waals surface area contributed by atoms with Gasteiger partial charge in [0.05, 0.1) is 6.54 Å². The maximum Gasteiger partial charge on any atom is 0.333 e. The minimum atomic E-state index is -0.686. The Kier molecular flexibility index (Phi) is 4.69. The van der Waals surface area contributed by atoms with Crippen LogP contribution in [0.2, 0.25) is 5.02 Å². The summed E-state index contributed by atoms with van der Waals surface area (Å²) in [5.41, 5.74) is 5.36. The zero-order chi connectivity index (χ0) is 19.0. The Hall–Kier alpha value is -2.87. The molecule has 2 N–H and O–H groups in total. The van der Waals surface area contributed by atoms with Crippen molar-refractivity contribution in [3.05, 3.63) is 61.5 Å². The number of carbonyl (C=O) groups is 1. The van der Waals surface area contributed by atoms with Crippen molar-refractivity contribution in [1.82, 2.24) is 18.7 Å². The van der Waals surface area contributed by atoms with Gasteiger partial charge in [-0.3, -0.25) is 18.7 Å². The normalized spacial score (nSPS) is 11.2. The van der Waals surface area contributed by atoms with E-state index in [1.807, 2.05) is 6.92 Å². The summed E-state index contributed by atoms with van der Waals surface area (Å²) in [5.74, 6) is -0.0484. The molecule has 0 saturated heterocycles. The number of hydrogen-bond donors (Lipinski definition) is 1. The van der Waals surface area contributed by atoms with Gasteiger partial charge in [0.25, 0.3) is 5.56 Å². The van der Waals surface area contributed by atoms with E-state index >= 15 is 0 Å². The summed E-state index contributed by atoms with van der Waals surface area (Å²) in [6.07, 6.45) is 0.576. The first-order valence-corrected chi connectivity index (χ1v) is 8.43. The summed E-state index contributed by atoms with van der Waals surface area (Å²) in [5, 5.41) is 0.557. The lowest BCUT2D eigenvalue weighted by atomic mass is 10.2. The minimum Gasteiger partial charge on any atom is -0.368 e. The Labute approximate surface area is 153 Å². The van der Waals surface area contributed by atoms with Crippen LogP contribution >= 0.6 is 11.6 Å². The number of benzene rings is 1. The van der Waals surface area contributed by atoms with Gasteiger partial charge in [0.2, 0.25) is 5.91 Å². The van der Waals surface area contributed by atoms with E-state index in [4.69, 9.17) is 17.3 Å². The lowest BCUT2D eigenvalue weighted by Crippen LogP contribution is -2.42. The molecular formula is C17H18ClN5O3. The number of carbonyl (C=O) groups excluding carboxylic acids is 1. The predicted molar refractivity (Wildman–Crippen MR) is 98.4 cm³/mol. The third kappa shape index (κ3) is 3.03. The van der Waals surface area contributed by atoms with Crippen molar-refractivity contribution in [2.24, 2.45) is 12.8 Å². The van der Waals surface area contributed by atoms with E-state index in [-0.39, 0.29) is 24.3 Å². The van der Waals surface area contributed by atoms with E-state index < -0.39 is 17.2 Å². The molecule has 0 radical (unpaired) electrons. The highest BCUT2D eigenvalue weighted by atomic mass is 35.5. The molecule has 1 amide bonds. The molecule has 0 atom stereocenters. The molecule has 0 unspecified atom stereocenters. The summed E-state index contributed by atoms with van der Waals surface area (Å²) in [6.45, 7) is 1.59. The maximum atomic E-state index is 13.0. The number of amides is 1. The van der Waals surface area contributed by atoms with Gasteiger partial charge in [-0.25, -0.2) is 9.78 Å². The predicted octanol–water partition coefficient (Wildman–Crippen LogP) is 0.646. The molecule has 2 heterocycles. The van der Waals surface area contributed by atoms with Crippen LogP contribution in [0.1, 0.15) is 18.3 Å². The number of halogens is 1. The van der Waals surface area contributed by atoms with Gasteiger partial charge in [0.15, 0.2) is 11.2 Å². The number of fused-ring (bicyclic) bond motifs is 1. The second kappa shape index (κ2) is 6.80. The summed E-state index contributed by atoms with van der Waals surface area (Å²) in [6, 6.07) is 6.83. The molecule has 0 aliphatic rings.